The van der Waals surface area contributed by atoms with Gasteiger partial charge in [-0.05, 0) is 34.8 Å². The average molecular weight is 257 g/mol. The van der Waals surface area contributed by atoms with Crippen molar-refractivity contribution in [1.29, 1.82) is 0 Å². The number of rotatable bonds is 5. The van der Waals surface area contributed by atoms with Crippen LogP contribution in [0.4, 0.5) is 5.69 Å². The van der Waals surface area contributed by atoms with Crippen LogP contribution in [-0.4, -0.2) is 11.0 Å². The first-order valence-corrected chi connectivity index (χ1v) is 5.93. The standard InChI is InChI=1S/C11H17BrN2/c1-3-5-9(4-2)14-11-6-7-13-8-10(11)12/h6-9H,3-5H2,1-2H3,(H,13,14). The molecule has 0 saturated heterocycles. The molecule has 0 radical (unpaired) electrons. The van der Waals surface area contributed by atoms with Crippen molar-refractivity contribution in [1.82, 2.24) is 4.98 Å². The van der Waals surface area contributed by atoms with Gasteiger partial charge in [-0.2, -0.15) is 0 Å². The molecule has 1 heterocycles. The number of nitrogens with zero attached hydrogens (tertiary/aromatic N) is 1. The minimum absolute atomic E-state index is 0.568. The Bertz CT molecular complexity index is 276. The van der Waals surface area contributed by atoms with Crippen molar-refractivity contribution < 1.29 is 0 Å². The molecule has 0 aliphatic heterocycles. The number of hydrogen-bond acceptors (Lipinski definition) is 2. The summed E-state index contributed by atoms with van der Waals surface area (Å²) in [4.78, 5) is 4.04. The molecule has 3 heteroatoms. The molecule has 0 saturated carbocycles. The van der Waals surface area contributed by atoms with Gasteiger partial charge in [-0.1, -0.05) is 20.3 Å². The fourth-order valence-electron chi connectivity index (χ4n) is 1.44. The highest BCUT2D eigenvalue weighted by Crippen LogP contribution is 2.22. The van der Waals surface area contributed by atoms with Crippen molar-refractivity contribution in [3.8, 4) is 0 Å². The third-order valence-corrected chi connectivity index (χ3v) is 2.89. The molecule has 0 aliphatic carbocycles. The summed E-state index contributed by atoms with van der Waals surface area (Å²) >= 11 is 3.48. The second-order valence-electron chi connectivity index (χ2n) is 3.39. The van der Waals surface area contributed by atoms with Crippen LogP contribution in [0.15, 0.2) is 22.9 Å². The largest absolute Gasteiger partial charge is 0.381 e. The number of pyridine rings is 1. The molecule has 1 aromatic rings. The Labute approximate surface area is 94.3 Å². The number of hydrogen-bond donors (Lipinski definition) is 1. The maximum Gasteiger partial charge on any atom is 0.0590 e. The van der Waals surface area contributed by atoms with Crippen molar-refractivity contribution in [2.45, 2.75) is 39.2 Å². The van der Waals surface area contributed by atoms with Crippen LogP contribution in [-0.2, 0) is 0 Å². The summed E-state index contributed by atoms with van der Waals surface area (Å²) in [7, 11) is 0. The summed E-state index contributed by atoms with van der Waals surface area (Å²) in [5.74, 6) is 0. The zero-order valence-electron chi connectivity index (χ0n) is 8.76. The Balaban J connectivity index is 2.62. The van der Waals surface area contributed by atoms with Gasteiger partial charge in [-0.25, -0.2) is 0 Å². The van der Waals surface area contributed by atoms with Gasteiger partial charge in [-0.3, -0.25) is 4.98 Å². The van der Waals surface area contributed by atoms with Crippen molar-refractivity contribution in [3.05, 3.63) is 22.9 Å². The van der Waals surface area contributed by atoms with E-state index in [1.165, 1.54) is 12.8 Å². The van der Waals surface area contributed by atoms with E-state index in [1.54, 1.807) is 0 Å². The molecule has 2 nitrogen and oxygen atoms in total. The normalized spacial score (nSPS) is 12.5. The van der Waals surface area contributed by atoms with Crippen LogP contribution in [0.5, 0.6) is 0 Å². The van der Waals surface area contributed by atoms with Crippen LogP contribution < -0.4 is 5.32 Å². The summed E-state index contributed by atoms with van der Waals surface area (Å²) in [6.45, 7) is 4.42. The fourth-order valence-corrected chi connectivity index (χ4v) is 1.80. The van der Waals surface area contributed by atoms with Gasteiger partial charge in [0, 0.05) is 18.4 Å². The molecule has 1 unspecified atom stereocenters. The summed E-state index contributed by atoms with van der Waals surface area (Å²) in [6.07, 6.45) is 7.22. The molecule has 14 heavy (non-hydrogen) atoms. The molecule has 0 aliphatic rings. The molecule has 1 aromatic heterocycles. The predicted molar refractivity (Wildman–Crippen MR) is 64.5 cm³/mol. The Morgan fingerprint density at radius 2 is 2.29 bits per heavy atom. The lowest BCUT2D eigenvalue weighted by Gasteiger charge is -2.18. The van der Waals surface area contributed by atoms with Gasteiger partial charge in [0.25, 0.3) is 0 Å². The van der Waals surface area contributed by atoms with E-state index in [2.05, 4.69) is 40.1 Å². The maximum atomic E-state index is 4.04. The lowest BCUT2D eigenvalue weighted by molar-refractivity contribution is 0.622. The van der Waals surface area contributed by atoms with Gasteiger partial charge in [-0.15, -0.1) is 0 Å². The first-order chi connectivity index (χ1) is 6.77. The van der Waals surface area contributed by atoms with Crippen LogP contribution >= 0.6 is 15.9 Å². The minimum Gasteiger partial charge on any atom is -0.381 e. The van der Waals surface area contributed by atoms with Crippen molar-refractivity contribution in [2.24, 2.45) is 0 Å². The van der Waals surface area contributed by atoms with Gasteiger partial charge < -0.3 is 5.32 Å². The Kier molecular flexibility index (Phi) is 4.94. The third-order valence-electron chi connectivity index (χ3n) is 2.26. The lowest BCUT2D eigenvalue weighted by atomic mass is 10.1. The Hall–Kier alpha value is -0.570. The number of nitrogens with one attached hydrogen (secondary N) is 1. The maximum absolute atomic E-state index is 4.04. The number of anilines is 1. The molecule has 78 valence electrons. The second kappa shape index (κ2) is 6.02. The Morgan fingerprint density at radius 3 is 2.86 bits per heavy atom. The number of aromatic nitrogens is 1. The van der Waals surface area contributed by atoms with Gasteiger partial charge in [0.1, 0.15) is 0 Å². The van der Waals surface area contributed by atoms with E-state index in [4.69, 9.17) is 0 Å². The van der Waals surface area contributed by atoms with Gasteiger partial charge in [0.15, 0.2) is 0 Å². The SMILES string of the molecule is CCCC(CC)Nc1ccncc1Br. The quantitative estimate of drug-likeness (QED) is 0.866. The molecule has 0 fully saturated rings. The second-order valence-corrected chi connectivity index (χ2v) is 4.25. The predicted octanol–water partition coefficient (Wildman–Crippen LogP) is 3.83. The first-order valence-electron chi connectivity index (χ1n) is 5.14. The molecule has 0 aromatic carbocycles. The summed E-state index contributed by atoms with van der Waals surface area (Å²) in [5.41, 5.74) is 1.14. The van der Waals surface area contributed by atoms with Crippen molar-refractivity contribution in [3.63, 3.8) is 0 Å². The third kappa shape index (κ3) is 3.29. The highest BCUT2D eigenvalue weighted by atomic mass is 79.9. The molecule has 1 N–H and O–H groups in total. The van der Waals surface area contributed by atoms with Crippen LogP contribution in [0.25, 0.3) is 0 Å². The average Bonchev–Trinajstić information content (AvgIpc) is 2.20. The van der Waals surface area contributed by atoms with Crippen LogP contribution in [0.1, 0.15) is 33.1 Å². The molecule has 0 bridgehead atoms. The first kappa shape index (κ1) is 11.5. The van der Waals surface area contributed by atoms with Gasteiger partial charge in [0.2, 0.25) is 0 Å². The van der Waals surface area contributed by atoms with Crippen molar-refractivity contribution in [2.75, 3.05) is 5.32 Å². The highest BCUT2D eigenvalue weighted by molar-refractivity contribution is 9.10. The zero-order chi connectivity index (χ0) is 10.4. The van der Waals surface area contributed by atoms with Crippen molar-refractivity contribution >= 4 is 21.6 Å². The molecule has 0 spiro atoms. The van der Waals surface area contributed by atoms with Gasteiger partial charge >= 0.3 is 0 Å². The van der Waals surface area contributed by atoms with E-state index in [-0.39, 0.29) is 0 Å². The van der Waals surface area contributed by atoms with E-state index >= 15 is 0 Å². The molecule has 1 rings (SSSR count). The smallest absolute Gasteiger partial charge is 0.0590 e. The molecule has 0 amide bonds. The van der Waals surface area contributed by atoms with Crippen LogP contribution in [0.3, 0.4) is 0 Å². The summed E-state index contributed by atoms with van der Waals surface area (Å²) < 4.78 is 1.04. The minimum atomic E-state index is 0.568. The lowest BCUT2D eigenvalue weighted by Crippen LogP contribution is -2.18. The number of halogens is 1. The molecular weight excluding hydrogens is 240 g/mol. The topological polar surface area (TPSA) is 24.9 Å². The molecule has 1 atom stereocenters. The zero-order valence-corrected chi connectivity index (χ0v) is 10.3. The monoisotopic (exact) mass is 256 g/mol. The van der Waals surface area contributed by atoms with E-state index in [1.807, 2.05) is 18.5 Å². The molecular formula is C11H17BrN2. The summed E-state index contributed by atoms with van der Waals surface area (Å²) in [6, 6.07) is 2.57. The van der Waals surface area contributed by atoms with E-state index < -0.39 is 0 Å². The van der Waals surface area contributed by atoms with E-state index in [9.17, 15) is 0 Å². The van der Waals surface area contributed by atoms with Crippen LogP contribution in [0.2, 0.25) is 0 Å². The van der Waals surface area contributed by atoms with E-state index in [0.717, 1.165) is 16.6 Å². The van der Waals surface area contributed by atoms with Crippen LogP contribution in [0, 0.1) is 0 Å². The fraction of sp³-hybridized carbons (Fsp3) is 0.545. The highest BCUT2D eigenvalue weighted by Gasteiger charge is 2.06. The van der Waals surface area contributed by atoms with Gasteiger partial charge in [0.05, 0.1) is 10.2 Å². The Morgan fingerprint density at radius 1 is 1.50 bits per heavy atom. The van der Waals surface area contributed by atoms with E-state index in [0.29, 0.717) is 6.04 Å². The summed E-state index contributed by atoms with van der Waals surface area (Å²) in [5, 5.41) is 3.51.